The molecule has 0 aliphatic carbocycles. The van der Waals surface area contributed by atoms with Gasteiger partial charge >= 0.3 is 0 Å². The van der Waals surface area contributed by atoms with Crippen LogP contribution < -0.4 is 5.56 Å². The zero-order chi connectivity index (χ0) is 13.8. The van der Waals surface area contributed by atoms with Gasteiger partial charge in [0, 0.05) is 13.3 Å². The molecule has 0 N–H and O–H groups in total. The van der Waals surface area contributed by atoms with Crippen molar-refractivity contribution in [1.82, 2.24) is 9.66 Å². The molecule has 1 aromatic carbocycles. The number of rotatable bonds is 3. The van der Waals surface area contributed by atoms with Crippen LogP contribution in [0.15, 0.2) is 34.2 Å². The maximum atomic E-state index is 12.4. The normalized spacial score (nSPS) is 11.8. The van der Waals surface area contributed by atoms with E-state index in [-0.39, 0.29) is 5.56 Å². The molecule has 2 aromatic rings. The van der Waals surface area contributed by atoms with Crippen LogP contribution in [0.1, 0.15) is 26.6 Å². The summed E-state index contributed by atoms with van der Waals surface area (Å²) in [7, 11) is 0. The molecule has 0 saturated carbocycles. The minimum absolute atomic E-state index is 0.165. The lowest BCUT2D eigenvalue weighted by Crippen LogP contribution is -2.23. The molecule has 5 nitrogen and oxygen atoms in total. The van der Waals surface area contributed by atoms with Crippen LogP contribution in [0, 0.1) is 0 Å². The van der Waals surface area contributed by atoms with Crippen LogP contribution in [-0.4, -0.2) is 22.2 Å². The maximum absolute atomic E-state index is 12.4. The Balaban J connectivity index is 2.68. The van der Waals surface area contributed by atoms with Gasteiger partial charge in [0.15, 0.2) is 0 Å². The van der Waals surface area contributed by atoms with E-state index >= 15 is 0 Å². The third-order valence-electron chi connectivity index (χ3n) is 2.73. The van der Waals surface area contributed by atoms with Crippen LogP contribution in [0.2, 0.25) is 0 Å². The summed E-state index contributed by atoms with van der Waals surface area (Å²) in [6, 6.07) is 7.28. The summed E-state index contributed by atoms with van der Waals surface area (Å²) in [5, 5.41) is 4.77. The fraction of sp³-hybridized carbons (Fsp3) is 0.357. The molecule has 0 aliphatic rings. The zero-order valence-corrected chi connectivity index (χ0v) is 11.4. The lowest BCUT2D eigenvalue weighted by Gasteiger charge is -2.08. The van der Waals surface area contributed by atoms with Crippen molar-refractivity contribution in [3.8, 4) is 0 Å². The zero-order valence-electron chi connectivity index (χ0n) is 11.4. The minimum atomic E-state index is -0.165. The van der Waals surface area contributed by atoms with Gasteiger partial charge in [-0.1, -0.05) is 19.1 Å². The van der Waals surface area contributed by atoms with Crippen molar-refractivity contribution in [1.29, 1.82) is 0 Å². The molecule has 0 bridgehead atoms. The minimum Gasteiger partial charge on any atom is -0.480 e. The molecular formula is C14H17N3O2. The largest absolute Gasteiger partial charge is 0.480 e. The molecule has 1 heterocycles. The second-order valence-electron chi connectivity index (χ2n) is 4.07. The summed E-state index contributed by atoms with van der Waals surface area (Å²) in [6.07, 6.45) is 0.628. The summed E-state index contributed by atoms with van der Waals surface area (Å²) in [5.41, 5.74) is 0.534. The van der Waals surface area contributed by atoms with E-state index in [0.717, 1.165) is 0 Å². The van der Waals surface area contributed by atoms with E-state index in [4.69, 9.17) is 4.74 Å². The van der Waals surface area contributed by atoms with Crippen LogP contribution >= 0.6 is 0 Å². The molecule has 0 amide bonds. The second-order valence-corrected chi connectivity index (χ2v) is 4.07. The quantitative estimate of drug-likeness (QED) is 0.627. The Hall–Kier alpha value is -2.17. The number of fused-ring (bicyclic) bond motifs is 1. The summed E-state index contributed by atoms with van der Waals surface area (Å²) in [5.74, 6) is 1.08. The standard InChI is InChI=1S/C14H17N3O2/c1-4-13-15-12-9-7-6-8-11(12)14(18)17(13)16-10(3)19-5-2/h6-9H,4-5H2,1-3H3/b16-10+. The van der Waals surface area contributed by atoms with E-state index in [0.29, 0.717) is 35.7 Å². The van der Waals surface area contributed by atoms with Crippen molar-refractivity contribution in [2.45, 2.75) is 27.2 Å². The molecule has 1 aromatic heterocycles. The second kappa shape index (κ2) is 5.65. The van der Waals surface area contributed by atoms with Gasteiger partial charge in [-0.3, -0.25) is 4.79 Å². The Morgan fingerprint density at radius 2 is 2.11 bits per heavy atom. The Morgan fingerprint density at radius 3 is 2.79 bits per heavy atom. The third kappa shape index (κ3) is 2.65. The first-order valence-electron chi connectivity index (χ1n) is 6.36. The van der Waals surface area contributed by atoms with Crippen molar-refractivity contribution in [3.05, 3.63) is 40.4 Å². The first-order valence-corrected chi connectivity index (χ1v) is 6.36. The Kier molecular flexibility index (Phi) is 3.94. The summed E-state index contributed by atoms with van der Waals surface area (Å²) in [6.45, 7) is 6.07. The Morgan fingerprint density at radius 1 is 1.37 bits per heavy atom. The van der Waals surface area contributed by atoms with Crippen molar-refractivity contribution in [2.24, 2.45) is 5.10 Å². The predicted octanol–water partition coefficient (Wildman–Crippen LogP) is 2.18. The molecule has 0 spiro atoms. The van der Waals surface area contributed by atoms with Crippen LogP contribution in [-0.2, 0) is 11.2 Å². The SMILES string of the molecule is CCO/C(C)=N/n1c(CC)nc2ccccc2c1=O. The van der Waals surface area contributed by atoms with Crippen LogP contribution in [0.5, 0.6) is 0 Å². The highest BCUT2D eigenvalue weighted by Gasteiger charge is 2.09. The van der Waals surface area contributed by atoms with Gasteiger partial charge in [-0.2, -0.15) is 4.68 Å². The van der Waals surface area contributed by atoms with Crippen LogP contribution in [0.4, 0.5) is 0 Å². The van der Waals surface area contributed by atoms with Crippen LogP contribution in [0.3, 0.4) is 0 Å². The van der Waals surface area contributed by atoms with Crippen molar-refractivity contribution >= 4 is 16.8 Å². The molecule has 0 unspecified atom stereocenters. The van der Waals surface area contributed by atoms with E-state index in [2.05, 4.69) is 10.1 Å². The maximum Gasteiger partial charge on any atom is 0.282 e. The van der Waals surface area contributed by atoms with Crippen LogP contribution in [0.25, 0.3) is 10.9 Å². The van der Waals surface area contributed by atoms with E-state index in [1.807, 2.05) is 32.0 Å². The van der Waals surface area contributed by atoms with Gasteiger partial charge in [-0.05, 0) is 19.1 Å². The van der Waals surface area contributed by atoms with E-state index in [1.54, 1.807) is 13.0 Å². The number of hydrogen-bond donors (Lipinski definition) is 0. The van der Waals surface area contributed by atoms with Crippen molar-refractivity contribution in [2.75, 3.05) is 6.61 Å². The Labute approximate surface area is 111 Å². The fourth-order valence-corrected chi connectivity index (χ4v) is 1.88. The smallest absolute Gasteiger partial charge is 0.282 e. The molecule has 0 atom stereocenters. The molecule has 0 saturated heterocycles. The average Bonchev–Trinajstić information content (AvgIpc) is 2.42. The summed E-state index contributed by atoms with van der Waals surface area (Å²) < 4.78 is 6.60. The molecular weight excluding hydrogens is 242 g/mol. The predicted molar refractivity (Wildman–Crippen MR) is 75.5 cm³/mol. The molecule has 0 radical (unpaired) electrons. The fourth-order valence-electron chi connectivity index (χ4n) is 1.88. The highest BCUT2D eigenvalue weighted by Crippen LogP contribution is 2.08. The van der Waals surface area contributed by atoms with Crippen molar-refractivity contribution < 1.29 is 4.74 Å². The number of aromatic nitrogens is 2. The van der Waals surface area contributed by atoms with Gasteiger partial charge in [-0.15, -0.1) is 5.10 Å². The van der Waals surface area contributed by atoms with Gasteiger partial charge in [0.25, 0.3) is 5.56 Å². The highest BCUT2D eigenvalue weighted by molar-refractivity contribution is 5.78. The molecule has 19 heavy (non-hydrogen) atoms. The average molecular weight is 259 g/mol. The lowest BCUT2D eigenvalue weighted by molar-refractivity contribution is 0.320. The van der Waals surface area contributed by atoms with Gasteiger partial charge in [0.1, 0.15) is 5.82 Å². The Bertz CT molecular complexity index is 674. The summed E-state index contributed by atoms with van der Waals surface area (Å²) >= 11 is 0. The molecule has 2 rings (SSSR count). The van der Waals surface area contributed by atoms with Gasteiger partial charge in [-0.25, -0.2) is 4.98 Å². The molecule has 5 heteroatoms. The first kappa shape index (κ1) is 13.3. The number of aryl methyl sites for hydroxylation is 1. The third-order valence-corrected chi connectivity index (χ3v) is 2.73. The van der Waals surface area contributed by atoms with E-state index in [1.165, 1.54) is 4.68 Å². The van der Waals surface area contributed by atoms with E-state index < -0.39 is 0 Å². The monoisotopic (exact) mass is 259 g/mol. The van der Waals surface area contributed by atoms with Gasteiger partial charge < -0.3 is 4.74 Å². The first-order chi connectivity index (χ1) is 9.17. The van der Waals surface area contributed by atoms with Gasteiger partial charge in [0.2, 0.25) is 5.90 Å². The summed E-state index contributed by atoms with van der Waals surface area (Å²) in [4.78, 5) is 16.9. The molecule has 0 aliphatic heterocycles. The van der Waals surface area contributed by atoms with Crippen molar-refractivity contribution in [3.63, 3.8) is 0 Å². The molecule has 0 fully saturated rings. The van der Waals surface area contributed by atoms with Gasteiger partial charge in [0.05, 0.1) is 17.5 Å². The number of hydrogen-bond acceptors (Lipinski definition) is 4. The lowest BCUT2D eigenvalue weighted by atomic mass is 10.2. The number of para-hydroxylation sites is 1. The topological polar surface area (TPSA) is 56.5 Å². The van der Waals surface area contributed by atoms with E-state index in [9.17, 15) is 4.79 Å². The number of nitrogens with zero attached hydrogens (tertiary/aromatic N) is 3. The molecule has 100 valence electrons. The number of benzene rings is 1. The number of ether oxygens (including phenoxy) is 1. The highest BCUT2D eigenvalue weighted by atomic mass is 16.5.